The van der Waals surface area contributed by atoms with Crippen LogP contribution in [0.1, 0.15) is 13.8 Å². The molecule has 0 spiro atoms. The summed E-state index contributed by atoms with van der Waals surface area (Å²) < 4.78 is 11.1. The topological polar surface area (TPSA) is 35.5 Å². The Morgan fingerprint density at radius 3 is 1.77 bits per heavy atom. The molecule has 0 aromatic heterocycles. The van der Waals surface area contributed by atoms with Crippen LogP contribution in [0.4, 0.5) is 4.79 Å². The summed E-state index contributed by atoms with van der Waals surface area (Å²) in [6.07, 6.45) is 0.218. The summed E-state index contributed by atoms with van der Waals surface area (Å²) in [6.45, 7) is 3.75. The first-order chi connectivity index (χ1) is 10.6. The minimum atomic E-state index is -2.80. The zero-order chi connectivity index (χ0) is 16.0. The number of hydrogen-bond acceptors (Lipinski definition) is 3. The Bertz CT molecular complexity index is 557. The summed E-state index contributed by atoms with van der Waals surface area (Å²) in [5.41, 5.74) is -0.151. The van der Waals surface area contributed by atoms with Crippen molar-refractivity contribution in [2.75, 3.05) is 13.5 Å². The van der Waals surface area contributed by atoms with Gasteiger partial charge in [0, 0.05) is 0 Å². The van der Waals surface area contributed by atoms with Crippen molar-refractivity contribution in [2.24, 2.45) is 0 Å². The van der Waals surface area contributed by atoms with E-state index in [0.29, 0.717) is 6.35 Å². The number of methoxy groups -OCH3 is 1. The summed E-state index contributed by atoms with van der Waals surface area (Å²) in [6, 6.07) is 19.7. The van der Waals surface area contributed by atoms with Crippen molar-refractivity contribution < 1.29 is 14.3 Å². The zero-order valence-corrected chi connectivity index (χ0v) is 14.3. The van der Waals surface area contributed by atoms with Crippen molar-refractivity contribution in [3.8, 4) is 0 Å². The van der Waals surface area contributed by atoms with Gasteiger partial charge in [-0.05, 0) is 0 Å². The van der Waals surface area contributed by atoms with Crippen LogP contribution >= 0.6 is 7.26 Å². The molecule has 0 fully saturated rings. The van der Waals surface area contributed by atoms with Gasteiger partial charge in [-0.1, -0.05) is 0 Å². The second kappa shape index (κ2) is 7.53. The molecule has 118 valence electrons. The predicted octanol–water partition coefficient (Wildman–Crippen LogP) is 3.54. The number of hydrogen-bond donors (Lipinski definition) is 0. The molecule has 0 atom stereocenters. The Hall–Kier alpha value is -1.70. The third-order valence-corrected chi connectivity index (χ3v) is 7.76. The third-order valence-electron chi connectivity index (χ3n) is 3.59. The van der Waals surface area contributed by atoms with Crippen LogP contribution in [-0.4, -0.2) is 25.3 Å². The standard InChI is InChI=1S/C18H23O3P/c1-15(2)21-18(19)22(14-20-3,16-10-6-4-7-11-16)17-12-8-5-9-13-17/h4-13,15,22H,14H2,1-3H3. The Balaban J connectivity index is 2.62. The molecule has 2 rings (SSSR count). The molecule has 0 radical (unpaired) electrons. The fraction of sp³-hybridized carbons (Fsp3) is 0.278. The van der Waals surface area contributed by atoms with Gasteiger partial charge in [0.2, 0.25) is 0 Å². The average molecular weight is 318 g/mol. The van der Waals surface area contributed by atoms with Crippen LogP contribution in [0.15, 0.2) is 60.7 Å². The van der Waals surface area contributed by atoms with E-state index in [0.717, 1.165) is 10.6 Å². The van der Waals surface area contributed by atoms with E-state index < -0.39 is 7.26 Å². The van der Waals surface area contributed by atoms with Gasteiger partial charge in [-0.3, -0.25) is 0 Å². The Morgan fingerprint density at radius 2 is 1.41 bits per heavy atom. The maximum absolute atomic E-state index is 13.0. The molecular formula is C18H23O3P. The molecule has 0 unspecified atom stereocenters. The third kappa shape index (κ3) is 3.37. The number of carbonyl (C=O) groups is 1. The molecule has 3 nitrogen and oxygen atoms in total. The quantitative estimate of drug-likeness (QED) is 0.764. The molecule has 2 aromatic rings. The fourth-order valence-electron chi connectivity index (χ4n) is 2.60. The summed E-state index contributed by atoms with van der Waals surface area (Å²) in [7, 11) is -1.16. The molecule has 0 amide bonds. The van der Waals surface area contributed by atoms with Gasteiger partial charge in [0.1, 0.15) is 0 Å². The molecule has 22 heavy (non-hydrogen) atoms. The SMILES string of the molecule is COC[PH](C(=O)OC(C)C)(c1ccccc1)c1ccccc1. The first kappa shape index (κ1) is 16.7. The van der Waals surface area contributed by atoms with Crippen LogP contribution in [0.3, 0.4) is 0 Å². The van der Waals surface area contributed by atoms with Crippen LogP contribution in [0.25, 0.3) is 0 Å². The van der Waals surface area contributed by atoms with Gasteiger partial charge in [-0.15, -0.1) is 0 Å². The first-order valence-electron chi connectivity index (χ1n) is 7.42. The van der Waals surface area contributed by atoms with Crippen molar-refractivity contribution in [2.45, 2.75) is 20.0 Å². The van der Waals surface area contributed by atoms with E-state index in [1.165, 1.54) is 0 Å². The first-order valence-corrected chi connectivity index (χ1v) is 9.63. The van der Waals surface area contributed by atoms with Gasteiger partial charge < -0.3 is 0 Å². The second-order valence-corrected chi connectivity index (χ2v) is 9.19. The van der Waals surface area contributed by atoms with Crippen LogP contribution in [0.5, 0.6) is 0 Å². The van der Waals surface area contributed by atoms with E-state index in [1.54, 1.807) is 7.11 Å². The van der Waals surface area contributed by atoms with E-state index >= 15 is 0 Å². The number of carbonyl (C=O) groups excluding carboxylic acids is 1. The second-order valence-electron chi connectivity index (χ2n) is 5.52. The molecular weight excluding hydrogens is 295 g/mol. The molecule has 0 N–H and O–H groups in total. The van der Waals surface area contributed by atoms with E-state index in [2.05, 4.69) is 0 Å². The monoisotopic (exact) mass is 318 g/mol. The average Bonchev–Trinajstić information content (AvgIpc) is 2.53. The molecule has 0 saturated heterocycles. The van der Waals surface area contributed by atoms with Gasteiger partial charge in [0.15, 0.2) is 0 Å². The molecule has 0 aliphatic heterocycles. The van der Waals surface area contributed by atoms with Crippen LogP contribution in [-0.2, 0) is 9.47 Å². The summed E-state index contributed by atoms with van der Waals surface area (Å²) in [5, 5.41) is 2.02. The van der Waals surface area contributed by atoms with Crippen molar-refractivity contribution >= 4 is 23.6 Å². The van der Waals surface area contributed by atoms with Gasteiger partial charge in [-0.2, -0.15) is 0 Å². The van der Waals surface area contributed by atoms with Gasteiger partial charge in [0.05, 0.1) is 0 Å². The number of rotatable bonds is 6. The van der Waals surface area contributed by atoms with E-state index in [9.17, 15) is 4.79 Å². The predicted molar refractivity (Wildman–Crippen MR) is 94.0 cm³/mol. The van der Waals surface area contributed by atoms with Gasteiger partial charge >= 0.3 is 132 Å². The summed E-state index contributed by atoms with van der Waals surface area (Å²) >= 11 is 0. The summed E-state index contributed by atoms with van der Waals surface area (Å²) in [5.74, 6) is 0. The number of benzene rings is 2. The van der Waals surface area contributed by atoms with Crippen molar-refractivity contribution in [1.82, 2.24) is 0 Å². The Morgan fingerprint density at radius 1 is 0.955 bits per heavy atom. The van der Waals surface area contributed by atoms with Crippen molar-refractivity contribution in [3.05, 3.63) is 60.7 Å². The Labute approximate surface area is 132 Å². The maximum atomic E-state index is 13.0. The van der Waals surface area contributed by atoms with Gasteiger partial charge in [-0.25, -0.2) is 0 Å². The van der Waals surface area contributed by atoms with E-state index in [4.69, 9.17) is 9.47 Å². The molecule has 0 saturated carbocycles. The van der Waals surface area contributed by atoms with Crippen LogP contribution in [0, 0.1) is 0 Å². The normalized spacial score (nSPS) is 12.2. The fourth-order valence-corrected chi connectivity index (χ4v) is 6.25. The molecule has 4 heteroatoms. The summed E-state index contributed by atoms with van der Waals surface area (Å²) in [4.78, 5) is 13.0. The van der Waals surface area contributed by atoms with Crippen LogP contribution < -0.4 is 10.6 Å². The van der Waals surface area contributed by atoms with Crippen molar-refractivity contribution in [3.63, 3.8) is 0 Å². The minimum absolute atomic E-state index is 0.149. The van der Waals surface area contributed by atoms with Crippen LogP contribution in [0.2, 0.25) is 0 Å². The van der Waals surface area contributed by atoms with E-state index in [-0.39, 0.29) is 11.8 Å². The molecule has 0 heterocycles. The molecule has 0 aliphatic rings. The Kier molecular flexibility index (Phi) is 5.70. The van der Waals surface area contributed by atoms with Crippen molar-refractivity contribution in [1.29, 1.82) is 0 Å². The zero-order valence-electron chi connectivity index (χ0n) is 13.3. The molecule has 0 bridgehead atoms. The van der Waals surface area contributed by atoms with E-state index in [1.807, 2.05) is 74.5 Å². The molecule has 2 aromatic carbocycles. The van der Waals surface area contributed by atoms with Gasteiger partial charge in [0.25, 0.3) is 0 Å². The number of ether oxygens (including phenoxy) is 2. The molecule has 0 aliphatic carbocycles.